The maximum absolute atomic E-state index is 13.5. The van der Waals surface area contributed by atoms with Gasteiger partial charge in [0.2, 0.25) is 0 Å². The second-order valence-corrected chi connectivity index (χ2v) is 4.11. The van der Waals surface area contributed by atoms with E-state index in [-0.39, 0.29) is 18.2 Å². The van der Waals surface area contributed by atoms with Gasteiger partial charge in [0.1, 0.15) is 35.3 Å². The van der Waals surface area contributed by atoms with Crippen molar-refractivity contribution in [1.29, 1.82) is 0 Å². The highest BCUT2D eigenvalue weighted by Crippen LogP contribution is 2.23. The number of hydrogen-bond donors (Lipinski definition) is 0. The summed E-state index contributed by atoms with van der Waals surface area (Å²) in [6, 6.07) is 11.9. The van der Waals surface area contributed by atoms with Gasteiger partial charge in [-0.1, -0.05) is 6.07 Å². The van der Waals surface area contributed by atoms with Crippen molar-refractivity contribution in [2.75, 3.05) is 0 Å². The first-order chi connectivity index (χ1) is 9.22. The van der Waals surface area contributed by atoms with Gasteiger partial charge in [0.25, 0.3) is 0 Å². The van der Waals surface area contributed by atoms with Gasteiger partial charge < -0.3 is 9.15 Å². The molecule has 0 radical (unpaired) electrons. The van der Waals surface area contributed by atoms with Crippen molar-refractivity contribution in [3.8, 4) is 5.75 Å². The summed E-state index contributed by atoms with van der Waals surface area (Å²) < 4.78 is 37.1. The molecule has 0 fully saturated rings. The Hall–Kier alpha value is -2.36. The Bertz CT molecular complexity index is 702. The van der Waals surface area contributed by atoms with Crippen molar-refractivity contribution >= 4 is 11.0 Å². The number of ether oxygens (including phenoxy) is 1. The zero-order valence-electron chi connectivity index (χ0n) is 9.90. The van der Waals surface area contributed by atoms with E-state index in [1.807, 2.05) is 0 Å². The third-order valence-corrected chi connectivity index (χ3v) is 2.75. The Balaban J connectivity index is 1.78. The minimum Gasteiger partial charge on any atom is -0.486 e. The van der Waals surface area contributed by atoms with Crippen LogP contribution in [0.15, 0.2) is 52.9 Å². The largest absolute Gasteiger partial charge is 0.486 e. The van der Waals surface area contributed by atoms with Crippen LogP contribution < -0.4 is 4.74 Å². The lowest BCUT2D eigenvalue weighted by atomic mass is 10.2. The van der Waals surface area contributed by atoms with Crippen LogP contribution in [0, 0.1) is 11.6 Å². The lowest BCUT2D eigenvalue weighted by molar-refractivity contribution is 0.274. The Kier molecular flexibility index (Phi) is 2.91. The molecule has 0 bridgehead atoms. The average Bonchev–Trinajstić information content (AvgIpc) is 2.83. The molecule has 0 saturated carbocycles. The van der Waals surface area contributed by atoms with Crippen molar-refractivity contribution in [3.63, 3.8) is 0 Å². The van der Waals surface area contributed by atoms with Crippen LogP contribution in [-0.2, 0) is 6.61 Å². The molecule has 0 aliphatic heterocycles. The molecule has 0 unspecified atom stereocenters. The van der Waals surface area contributed by atoms with Crippen molar-refractivity contribution in [2.24, 2.45) is 0 Å². The summed E-state index contributed by atoms with van der Waals surface area (Å²) in [7, 11) is 0. The average molecular weight is 260 g/mol. The van der Waals surface area contributed by atoms with Crippen LogP contribution in [-0.4, -0.2) is 0 Å². The molecule has 0 atom stereocenters. The van der Waals surface area contributed by atoms with Crippen LogP contribution in [0.3, 0.4) is 0 Å². The minimum atomic E-state index is -0.325. The van der Waals surface area contributed by atoms with E-state index < -0.39 is 0 Å². The molecule has 1 aromatic heterocycles. The summed E-state index contributed by atoms with van der Waals surface area (Å²) >= 11 is 0. The van der Waals surface area contributed by atoms with Gasteiger partial charge in [0.15, 0.2) is 0 Å². The van der Waals surface area contributed by atoms with Gasteiger partial charge in [-0.15, -0.1) is 0 Å². The van der Waals surface area contributed by atoms with E-state index in [0.717, 1.165) is 0 Å². The molecule has 96 valence electrons. The normalized spacial score (nSPS) is 10.8. The van der Waals surface area contributed by atoms with Crippen molar-refractivity contribution in [2.45, 2.75) is 6.61 Å². The van der Waals surface area contributed by atoms with Gasteiger partial charge in [-0.2, -0.15) is 0 Å². The maximum atomic E-state index is 13.5. The summed E-state index contributed by atoms with van der Waals surface area (Å²) in [4.78, 5) is 0. The fourth-order valence-corrected chi connectivity index (χ4v) is 1.83. The smallest absolute Gasteiger partial charge is 0.146 e. The summed E-state index contributed by atoms with van der Waals surface area (Å²) in [6.07, 6.45) is 0. The first-order valence-electron chi connectivity index (χ1n) is 5.78. The van der Waals surface area contributed by atoms with Gasteiger partial charge in [0, 0.05) is 0 Å². The van der Waals surface area contributed by atoms with E-state index in [2.05, 4.69) is 0 Å². The molecule has 0 saturated heterocycles. The van der Waals surface area contributed by atoms with Gasteiger partial charge >= 0.3 is 0 Å². The Morgan fingerprint density at radius 3 is 2.53 bits per heavy atom. The molecule has 2 aromatic carbocycles. The van der Waals surface area contributed by atoms with Crippen molar-refractivity contribution < 1.29 is 17.9 Å². The third kappa shape index (κ3) is 2.42. The van der Waals surface area contributed by atoms with Crippen molar-refractivity contribution in [3.05, 3.63) is 65.9 Å². The summed E-state index contributed by atoms with van der Waals surface area (Å²) in [5.74, 6) is 0.402. The summed E-state index contributed by atoms with van der Waals surface area (Å²) in [5, 5.41) is 0.431. The number of rotatable bonds is 3. The molecule has 0 aliphatic rings. The van der Waals surface area contributed by atoms with Gasteiger partial charge in [-0.25, -0.2) is 8.78 Å². The van der Waals surface area contributed by atoms with E-state index in [9.17, 15) is 8.78 Å². The zero-order valence-corrected chi connectivity index (χ0v) is 9.90. The van der Waals surface area contributed by atoms with E-state index >= 15 is 0 Å². The zero-order chi connectivity index (χ0) is 13.2. The van der Waals surface area contributed by atoms with Crippen LogP contribution in [0.4, 0.5) is 8.78 Å². The highest BCUT2D eigenvalue weighted by molar-refractivity contribution is 5.78. The van der Waals surface area contributed by atoms with Gasteiger partial charge in [-0.05, 0) is 42.5 Å². The maximum Gasteiger partial charge on any atom is 0.146 e. The predicted molar refractivity (Wildman–Crippen MR) is 66.9 cm³/mol. The molecule has 0 amide bonds. The molecule has 1 heterocycles. The molecule has 3 aromatic rings. The lowest BCUT2D eigenvalue weighted by Crippen LogP contribution is -1.93. The second-order valence-electron chi connectivity index (χ2n) is 4.11. The molecule has 0 spiro atoms. The molecule has 3 rings (SSSR count). The van der Waals surface area contributed by atoms with Crippen LogP contribution in [0.1, 0.15) is 5.76 Å². The van der Waals surface area contributed by atoms with E-state index in [4.69, 9.17) is 9.15 Å². The predicted octanol–water partition coefficient (Wildman–Crippen LogP) is 4.29. The number of halogens is 2. The van der Waals surface area contributed by atoms with Crippen LogP contribution in [0.25, 0.3) is 11.0 Å². The first-order valence-corrected chi connectivity index (χ1v) is 5.78. The molecule has 2 nitrogen and oxygen atoms in total. The SMILES string of the molecule is Fc1ccc(OCc2cc3c(F)cccc3o2)cc1. The monoisotopic (exact) mass is 260 g/mol. The van der Waals surface area contributed by atoms with E-state index in [0.29, 0.717) is 22.5 Å². The number of furan rings is 1. The first kappa shape index (κ1) is 11.7. The van der Waals surface area contributed by atoms with E-state index in [1.165, 1.54) is 30.3 Å². The molecule has 0 aliphatic carbocycles. The fourth-order valence-electron chi connectivity index (χ4n) is 1.83. The highest BCUT2D eigenvalue weighted by atomic mass is 19.1. The molecule has 4 heteroatoms. The van der Waals surface area contributed by atoms with E-state index in [1.54, 1.807) is 18.2 Å². The molecular formula is C15H10F2O2. The highest BCUT2D eigenvalue weighted by Gasteiger charge is 2.08. The van der Waals surface area contributed by atoms with Crippen molar-refractivity contribution in [1.82, 2.24) is 0 Å². The van der Waals surface area contributed by atoms with Crippen LogP contribution in [0.5, 0.6) is 5.75 Å². The Morgan fingerprint density at radius 1 is 1.00 bits per heavy atom. The number of hydrogen-bond acceptors (Lipinski definition) is 2. The van der Waals surface area contributed by atoms with Crippen LogP contribution in [0.2, 0.25) is 0 Å². The summed E-state index contributed by atoms with van der Waals surface area (Å²) in [6.45, 7) is 0.166. The Labute approximate surface area is 108 Å². The van der Waals surface area contributed by atoms with Gasteiger partial charge in [0.05, 0.1) is 5.39 Å². The summed E-state index contributed by atoms with van der Waals surface area (Å²) in [5.41, 5.74) is 0.484. The Morgan fingerprint density at radius 2 is 1.79 bits per heavy atom. The topological polar surface area (TPSA) is 22.4 Å². The number of benzene rings is 2. The third-order valence-electron chi connectivity index (χ3n) is 2.75. The quantitative estimate of drug-likeness (QED) is 0.701. The second kappa shape index (κ2) is 4.72. The van der Waals surface area contributed by atoms with Gasteiger partial charge in [-0.3, -0.25) is 0 Å². The number of fused-ring (bicyclic) bond motifs is 1. The lowest BCUT2D eigenvalue weighted by Gasteiger charge is -2.03. The van der Waals surface area contributed by atoms with Crippen LogP contribution >= 0.6 is 0 Å². The molecule has 19 heavy (non-hydrogen) atoms. The minimum absolute atomic E-state index is 0.166. The fraction of sp³-hybridized carbons (Fsp3) is 0.0667. The molecule has 0 N–H and O–H groups in total. The standard InChI is InChI=1S/C15H10F2O2/c16-10-4-6-11(7-5-10)18-9-12-8-13-14(17)2-1-3-15(13)19-12/h1-8H,9H2. The molecular weight excluding hydrogens is 250 g/mol.